The van der Waals surface area contributed by atoms with E-state index in [1.54, 1.807) is 13.0 Å². The van der Waals surface area contributed by atoms with Gasteiger partial charge in [0.2, 0.25) is 0 Å². The van der Waals surface area contributed by atoms with E-state index in [-0.39, 0.29) is 24.9 Å². The summed E-state index contributed by atoms with van der Waals surface area (Å²) in [7, 11) is 1.38. The highest BCUT2D eigenvalue weighted by Gasteiger charge is 2.44. The molecule has 2 rings (SSSR count). The Morgan fingerprint density at radius 3 is 2.59 bits per heavy atom. The van der Waals surface area contributed by atoms with Crippen LogP contribution in [0.1, 0.15) is 28.9 Å². The Balaban J connectivity index is 2.01. The summed E-state index contributed by atoms with van der Waals surface area (Å²) in [6, 6.07) is 1.12. The van der Waals surface area contributed by atoms with Crippen molar-refractivity contribution in [3.63, 3.8) is 0 Å². The molecule has 0 bridgehead atoms. The topological polar surface area (TPSA) is 65.2 Å². The Morgan fingerprint density at radius 2 is 2.05 bits per heavy atom. The molecule has 2 N–H and O–H groups in total. The summed E-state index contributed by atoms with van der Waals surface area (Å²) < 4.78 is 38.3. The maximum absolute atomic E-state index is 12.8. The number of aromatic amines is 1. The number of aromatic nitrogens is 1. The van der Waals surface area contributed by atoms with E-state index in [4.69, 9.17) is 0 Å². The molecule has 0 aromatic carbocycles. The van der Waals surface area contributed by atoms with Crippen molar-refractivity contribution in [1.82, 2.24) is 15.2 Å². The lowest BCUT2D eigenvalue weighted by atomic mass is 9.98. The first-order valence-electron chi connectivity index (χ1n) is 6.96. The van der Waals surface area contributed by atoms with Gasteiger partial charge in [-0.2, -0.15) is 13.2 Å². The summed E-state index contributed by atoms with van der Waals surface area (Å²) in [5.41, 5.74) is 0.0907. The van der Waals surface area contributed by atoms with E-state index in [0.717, 1.165) is 0 Å². The minimum Gasteiger partial charge on any atom is -0.348 e. The molecule has 0 spiro atoms. The molecule has 1 fully saturated rings. The molecule has 1 aromatic heterocycles. The Bertz CT molecular complexity index is 612. The van der Waals surface area contributed by atoms with E-state index in [1.165, 1.54) is 18.0 Å². The van der Waals surface area contributed by atoms with Gasteiger partial charge in [0.1, 0.15) is 11.6 Å². The molecule has 8 heteroatoms. The summed E-state index contributed by atoms with van der Waals surface area (Å²) in [5, 5.41) is 2.63. The van der Waals surface area contributed by atoms with E-state index in [1.807, 2.05) is 0 Å². The van der Waals surface area contributed by atoms with Crippen molar-refractivity contribution in [2.75, 3.05) is 13.6 Å². The van der Waals surface area contributed by atoms with Crippen LogP contribution in [0.4, 0.5) is 13.2 Å². The fraction of sp³-hybridized carbons (Fsp3) is 0.571. The molecule has 22 heavy (non-hydrogen) atoms. The van der Waals surface area contributed by atoms with Gasteiger partial charge in [0.15, 0.2) is 0 Å². The van der Waals surface area contributed by atoms with Crippen LogP contribution < -0.4 is 10.9 Å². The number of nitrogens with one attached hydrogen (secondary N) is 2. The van der Waals surface area contributed by atoms with Crippen molar-refractivity contribution in [1.29, 1.82) is 0 Å². The number of likely N-dealkylation sites (tertiary alicyclic amines) is 1. The maximum Gasteiger partial charge on any atom is 0.404 e. The first kappa shape index (κ1) is 16.5. The summed E-state index contributed by atoms with van der Waals surface area (Å²) in [5.74, 6) is -0.565. The average molecular weight is 317 g/mol. The van der Waals surface area contributed by atoms with E-state index < -0.39 is 29.7 Å². The summed E-state index contributed by atoms with van der Waals surface area (Å²) in [4.78, 5) is 27.5. The molecule has 2 atom stereocenters. The standard InChI is InChI=1S/C14H18F3N3O2/c1-8-3-5-10(12(21)18-8)13(22)19-9-4-6-11(14(15,16)17)20(2)7-9/h3,5,9,11H,4,6-7H2,1-2H3,(H,18,21)(H,19,22)/t9-,11-/m0/s1. The number of carbonyl (C=O) groups is 1. The van der Waals surface area contributed by atoms with Gasteiger partial charge in [0.05, 0.1) is 0 Å². The third kappa shape index (κ3) is 3.68. The molecule has 0 aliphatic carbocycles. The minimum absolute atomic E-state index is 0.0359. The van der Waals surface area contributed by atoms with Crippen LogP contribution in [0.3, 0.4) is 0 Å². The van der Waals surface area contributed by atoms with Gasteiger partial charge >= 0.3 is 6.18 Å². The summed E-state index contributed by atoms with van der Waals surface area (Å²) in [6.45, 7) is 1.79. The molecule has 1 saturated heterocycles. The van der Waals surface area contributed by atoms with Gasteiger partial charge < -0.3 is 10.3 Å². The normalized spacial score (nSPS) is 23.3. The zero-order chi connectivity index (χ0) is 16.5. The van der Waals surface area contributed by atoms with E-state index in [9.17, 15) is 22.8 Å². The Kier molecular flexibility index (Phi) is 4.60. The quantitative estimate of drug-likeness (QED) is 0.867. The molecule has 122 valence electrons. The number of aryl methyl sites for hydroxylation is 1. The molecule has 1 aliphatic rings. The predicted molar refractivity (Wildman–Crippen MR) is 74.8 cm³/mol. The number of hydrogen-bond acceptors (Lipinski definition) is 3. The van der Waals surface area contributed by atoms with Gasteiger partial charge in [-0.1, -0.05) is 0 Å². The van der Waals surface area contributed by atoms with Gasteiger partial charge in [-0.05, 0) is 38.9 Å². The SMILES string of the molecule is Cc1ccc(C(=O)N[C@H]2CC[C@@H](C(F)(F)F)N(C)C2)c(=O)[nH]1. The van der Waals surface area contributed by atoms with Gasteiger partial charge in [-0.3, -0.25) is 14.5 Å². The van der Waals surface area contributed by atoms with E-state index in [0.29, 0.717) is 5.69 Å². The highest BCUT2D eigenvalue weighted by atomic mass is 19.4. The number of alkyl halides is 3. The second-order valence-corrected chi connectivity index (χ2v) is 5.63. The first-order valence-corrected chi connectivity index (χ1v) is 6.96. The third-order valence-electron chi connectivity index (χ3n) is 3.84. The number of halogens is 3. The largest absolute Gasteiger partial charge is 0.404 e. The molecule has 2 heterocycles. The smallest absolute Gasteiger partial charge is 0.348 e. The molecule has 0 radical (unpaired) electrons. The third-order valence-corrected chi connectivity index (χ3v) is 3.84. The van der Waals surface area contributed by atoms with Crippen LogP contribution in [0.5, 0.6) is 0 Å². The summed E-state index contributed by atoms with van der Waals surface area (Å²) in [6.07, 6.45) is -4.11. The van der Waals surface area contributed by atoms with Crippen LogP contribution in [-0.4, -0.2) is 47.6 Å². The van der Waals surface area contributed by atoms with Crippen LogP contribution in [-0.2, 0) is 0 Å². The van der Waals surface area contributed by atoms with Crippen molar-refractivity contribution < 1.29 is 18.0 Å². The van der Waals surface area contributed by atoms with Gasteiger partial charge in [0, 0.05) is 18.3 Å². The van der Waals surface area contributed by atoms with Crippen molar-refractivity contribution in [2.45, 2.75) is 38.0 Å². The molecule has 1 amide bonds. The Hall–Kier alpha value is -1.83. The van der Waals surface area contributed by atoms with E-state index in [2.05, 4.69) is 10.3 Å². The number of amides is 1. The van der Waals surface area contributed by atoms with Gasteiger partial charge in [0.25, 0.3) is 11.5 Å². The number of H-pyrrole nitrogens is 1. The van der Waals surface area contributed by atoms with Crippen LogP contribution in [0.25, 0.3) is 0 Å². The predicted octanol–water partition coefficient (Wildman–Crippen LogP) is 1.44. The Labute approximate surface area is 125 Å². The van der Waals surface area contributed by atoms with Crippen LogP contribution in [0.15, 0.2) is 16.9 Å². The lowest BCUT2D eigenvalue weighted by Gasteiger charge is -2.38. The lowest BCUT2D eigenvalue weighted by molar-refractivity contribution is -0.188. The number of hydrogen-bond donors (Lipinski definition) is 2. The minimum atomic E-state index is -4.27. The highest BCUT2D eigenvalue weighted by Crippen LogP contribution is 2.30. The lowest BCUT2D eigenvalue weighted by Crippen LogP contribution is -2.55. The Morgan fingerprint density at radius 1 is 1.36 bits per heavy atom. The zero-order valence-corrected chi connectivity index (χ0v) is 12.3. The summed E-state index contributed by atoms with van der Waals surface area (Å²) >= 11 is 0. The van der Waals surface area contributed by atoms with E-state index >= 15 is 0 Å². The van der Waals surface area contributed by atoms with Crippen LogP contribution >= 0.6 is 0 Å². The monoisotopic (exact) mass is 317 g/mol. The molecule has 5 nitrogen and oxygen atoms in total. The fourth-order valence-electron chi connectivity index (χ4n) is 2.69. The van der Waals surface area contributed by atoms with Crippen molar-refractivity contribution >= 4 is 5.91 Å². The average Bonchev–Trinajstić information content (AvgIpc) is 2.36. The second kappa shape index (κ2) is 6.12. The number of likely N-dealkylation sites (N-methyl/N-ethyl adjacent to an activating group) is 1. The molecule has 1 aromatic rings. The highest BCUT2D eigenvalue weighted by molar-refractivity contribution is 5.94. The zero-order valence-electron chi connectivity index (χ0n) is 12.3. The van der Waals surface area contributed by atoms with Crippen LogP contribution in [0.2, 0.25) is 0 Å². The van der Waals surface area contributed by atoms with Crippen molar-refractivity contribution in [3.05, 3.63) is 33.7 Å². The number of piperidine rings is 1. The molecular formula is C14H18F3N3O2. The number of pyridine rings is 1. The molecule has 0 unspecified atom stereocenters. The number of carbonyl (C=O) groups excluding carboxylic acids is 1. The molecule has 0 saturated carbocycles. The van der Waals surface area contributed by atoms with Gasteiger partial charge in [-0.15, -0.1) is 0 Å². The van der Waals surface area contributed by atoms with Crippen LogP contribution in [0, 0.1) is 6.92 Å². The maximum atomic E-state index is 12.8. The molecule has 1 aliphatic heterocycles. The van der Waals surface area contributed by atoms with Crippen molar-refractivity contribution in [2.24, 2.45) is 0 Å². The number of nitrogens with zero attached hydrogens (tertiary/aromatic N) is 1. The second-order valence-electron chi connectivity index (χ2n) is 5.63. The number of rotatable bonds is 2. The van der Waals surface area contributed by atoms with Crippen molar-refractivity contribution in [3.8, 4) is 0 Å². The molecular weight excluding hydrogens is 299 g/mol. The fourth-order valence-corrected chi connectivity index (χ4v) is 2.69. The van der Waals surface area contributed by atoms with Gasteiger partial charge in [-0.25, -0.2) is 0 Å². The first-order chi connectivity index (χ1) is 10.2.